The fourth-order valence-corrected chi connectivity index (χ4v) is 1.08. The van der Waals surface area contributed by atoms with Crippen LogP contribution in [0.15, 0.2) is 0 Å². The van der Waals surface area contributed by atoms with E-state index in [-0.39, 0.29) is 5.38 Å². The Kier molecular flexibility index (Phi) is 1.93. The first kappa shape index (κ1) is 6.94. The normalized spacial score (nSPS) is 35.6. The van der Waals surface area contributed by atoms with E-state index < -0.39 is 4.52 Å². The Bertz CT molecular complexity index is 93.3. The van der Waals surface area contributed by atoms with Crippen LogP contribution in [0.5, 0.6) is 0 Å². The van der Waals surface area contributed by atoms with Gasteiger partial charge in [0, 0.05) is 0 Å². The van der Waals surface area contributed by atoms with Gasteiger partial charge in [0.15, 0.2) is 0 Å². The first-order valence-electron chi connectivity index (χ1n) is 2.29. The van der Waals surface area contributed by atoms with E-state index in [0.717, 1.165) is 6.42 Å². The van der Waals surface area contributed by atoms with Crippen LogP contribution in [0.1, 0.15) is 6.42 Å². The minimum atomic E-state index is -1.14. The quantitative estimate of drug-likeness (QED) is 0.513. The van der Waals surface area contributed by atoms with E-state index in [1.54, 1.807) is 0 Å². The number of hydrogen-bond acceptors (Lipinski definition) is 1. The Morgan fingerprint density at radius 3 is 2.25 bits per heavy atom. The molecule has 0 aromatic heterocycles. The molecule has 1 atom stereocenters. The Morgan fingerprint density at radius 2 is 2.12 bits per heavy atom. The van der Waals surface area contributed by atoms with E-state index in [0.29, 0.717) is 6.61 Å². The van der Waals surface area contributed by atoms with Gasteiger partial charge in [-0.15, -0.1) is 11.6 Å². The van der Waals surface area contributed by atoms with Crippen molar-refractivity contribution in [3.05, 3.63) is 0 Å². The lowest BCUT2D eigenvalue weighted by Gasteiger charge is -2.13. The lowest BCUT2D eigenvalue weighted by atomic mass is 10.4. The van der Waals surface area contributed by atoms with Crippen LogP contribution < -0.4 is 0 Å². The average Bonchev–Trinajstić information content (AvgIpc) is 1.86. The van der Waals surface area contributed by atoms with Gasteiger partial charge in [0.05, 0.1) is 12.0 Å². The molecule has 1 fully saturated rings. The van der Waals surface area contributed by atoms with E-state index in [1.807, 2.05) is 0 Å². The number of hydrogen-bond donors (Lipinski definition) is 0. The molecule has 0 bridgehead atoms. The summed E-state index contributed by atoms with van der Waals surface area (Å²) >= 11 is 16.7. The highest BCUT2D eigenvalue weighted by Crippen LogP contribution is 2.37. The largest absolute Gasteiger partial charge is 0.345 e. The van der Waals surface area contributed by atoms with E-state index in [9.17, 15) is 0 Å². The zero-order chi connectivity index (χ0) is 6.20. The molecule has 8 heavy (non-hydrogen) atoms. The SMILES string of the molecule is ClC1CCOC1(Cl)Cl. The van der Waals surface area contributed by atoms with Gasteiger partial charge < -0.3 is 4.74 Å². The third-order valence-electron chi connectivity index (χ3n) is 1.03. The molecule has 0 saturated carbocycles. The molecule has 48 valence electrons. The Balaban J connectivity index is 2.54. The maximum absolute atomic E-state index is 5.61. The lowest BCUT2D eigenvalue weighted by Crippen LogP contribution is -2.20. The van der Waals surface area contributed by atoms with E-state index in [1.165, 1.54) is 0 Å². The highest BCUT2D eigenvalue weighted by atomic mass is 35.5. The van der Waals surface area contributed by atoms with Crippen LogP contribution in [0, 0.1) is 0 Å². The molecule has 0 amide bonds. The molecule has 1 aliphatic rings. The number of rotatable bonds is 0. The molecule has 4 heteroatoms. The van der Waals surface area contributed by atoms with Gasteiger partial charge in [0.1, 0.15) is 0 Å². The molecule has 1 rings (SSSR count). The summed E-state index contributed by atoms with van der Waals surface area (Å²) < 4.78 is 3.71. The molecule has 1 saturated heterocycles. The summed E-state index contributed by atoms with van der Waals surface area (Å²) in [5.41, 5.74) is 0. The van der Waals surface area contributed by atoms with Gasteiger partial charge in [0.2, 0.25) is 4.52 Å². The molecular formula is C4H5Cl3O. The zero-order valence-corrected chi connectivity index (χ0v) is 6.30. The predicted molar refractivity (Wildman–Crippen MR) is 34.6 cm³/mol. The van der Waals surface area contributed by atoms with E-state index in [2.05, 4.69) is 0 Å². The number of alkyl halides is 3. The van der Waals surface area contributed by atoms with Crippen LogP contribution in [0.4, 0.5) is 0 Å². The fourth-order valence-electron chi connectivity index (χ4n) is 0.557. The standard InChI is InChI=1S/C4H5Cl3O/c5-3-1-2-8-4(3,6)7/h3H,1-2H2. The second-order valence-electron chi connectivity index (χ2n) is 1.67. The molecule has 0 radical (unpaired) electrons. The van der Waals surface area contributed by atoms with Crippen molar-refractivity contribution in [2.24, 2.45) is 0 Å². The first-order valence-corrected chi connectivity index (χ1v) is 3.48. The van der Waals surface area contributed by atoms with E-state index in [4.69, 9.17) is 39.5 Å². The van der Waals surface area contributed by atoms with Crippen molar-refractivity contribution < 1.29 is 4.74 Å². The molecule has 0 aromatic carbocycles. The van der Waals surface area contributed by atoms with Crippen LogP contribution in [0.25, 0.3) is 0 Å². The predicted octanol–water partition coefficient (Wildman–Crippen LogP) is 2.15. The van der Waals surface area contributed by atoms with Gasteiger partial charge in [-0.25, -0.2) is 0 Å². The molecule has 0 spiro atoms. The van der Waals surface area contributed by atoms with Gasteiger partial charge in [0.25, 0.3) is 0 Å². The Labute approximate surface area is 62.9 Å². The molecule has 0 aliphatic carbocycles. The summed E-state index contributed by atoms with van der Waals surface area (Å²) in [5, 5.41) is -0.258. The van der Waals surface area contributed by atoms with Gasteiger partial charge in [-0.05, 0) is 6.42 Å². The van der Waals surface area contributed by atoms with Gasteiger partial charge >= 0.3 is 0 Å². The van der Waals surface area contributed by atoms with Crippen molar-refractivity contribution >= 4 is 34.8 Å². The van der Waals surface area contributed by atoms with Gasteiger partial charge in [-0.1, -0.05) is 23.2 Å². The topological polar surface area (TPSA) is 9.23 Å². The highest BCUT2D eigenvalue weighted by molar-refractivity contribution is 6.51. The Hall–Kier alpha value is 0.830. The van der Waals surface area contributed by atoms with Crippen molar-refractivity contribution in [2.45, 2.75) is 16.3 Å². The maximum atomic E-state index is 5.61. The third kappa shape index (κ3) is 1.21. The zero-order valence-electron chi connectivity index (χ0n) is 4.03. The Morgan fingerprint density at radius 1 is 1.50 bits per heavy atom. The minimum Gasteiger partial charge on any atom is -0.345 e. The summed E-state index contributed by atoms with van der Waals surface area (Å²) in [5.74, 6) is 0. The molecule has 1 aliphatic heterocycles. The third-order valence-corrected chi connectivity index (χ3v) is 2.52. The van der Waals surface area contributed by atoms with Crippen LogP contribution in [-0.4, -0.2) is 16.5 Å². The number of halogens is 3. The molecule has 0 N–H and O–H groups in total. The van der Waals surface area contributed by atoms with Crippen LogP contribution in [0.3, 0.4) is 0 Å². The molecule has 1 heterocycles. The monoisotopic (exact) mass is 174 g/mol. The van der Waals surface area contributed by atoms with Crippen LogP contribution in [-0.2, 0) is 4.74 Å². The van der Waals surface area contributed by atoms with Crippen molar-refractivity contribution in [1.29, 1.82) is 0 Å². The summed E-state index contributed by atoms with van der Waals surface area (Å²) in [6, 6.07) is 0. The highest BCUT2D eigenvalue weighted by Gasteiger charge is 2.39. The summed E-state index contributed by atoms with van der Waals surface area (Å²) in [6.07, 6.45) is 0.731. The van der Waals surface area contributed by atoms with Crippen molar-refractivity contribution in [3.8, 4) is 0 Å². The van der Waals surface area contributed by atoms with Crippen LogP contribution in [0.2, 0.25) is 0 Å². The average molecular weight is 175 g/mol. The van der Waals surface area contributed by atoms with Crippen molar-refractivity contribution in [1.82, 2.24) is 0 Å². The summed E-state index contributed by atoms with van der Waals surface area (Å²) in [7, 11) is 0. The number of ether oxygens (including phenoxy) is 1. The second-order valence-corrected chi connectivity index (χ2v) is 3.51. The first-order chi connectivity index (χ1) is 3.63. The summed E-state index contributed by atoms with van der Waals surface area (Å²) in [6.45, 7) is 0.557. The lowest BCUT2D eigenvalue weighted by molar-refractivity contribution is 0.140. The maximum Gasteiger partial charge on any atom is 0.234 e. The molecule has 1 nitrogen and oxygen atoms in total. The van der Waals surface area contributed by atoms with Crippen molar-refractivity contribution in [2.75, 3.05) is 6.61 Å². The van der Waals surface area contributed by atoms with Gasteiger partial charge in [-0.2, -0.15) is 0 Å². The molecule has 1 unspecified atom stereocenters. The molecule has 0 aromatic rings. The van der Waals surface area contributed by atoms with E-state index >= 15 is 0 Å². The van der Waals surface area contributed by atoms with Crippen LogP contribution >= 0.6 is 34.8 Å². The smallest absolute Gasteiger partial charge is 0.234 e. The van der Waals surface area contributed by atoms with Crippen molar-refractivity contribution in [3.63, 3.8) is 0 Å². The summed E-state index contributed by atoms with van der Waals surface area (Å²) in [4.78, 5) is 0. The second kappa shape index (κ2) is 2.22. The van der Waals surface area contributed by atoms with Gasteiger partial charge in [-0.3, -0.25) is 0 Å². The molecular weight excluding hydrogens is 170 g/mol. The fraction of sp³-hybridized carbons (Fsp3) is 1.00. The minimum absolute atomic E-state index is 0.258.